The number of hydrogen-bond acceptors (Lipinski definition) is 3. The Morgan fingerprint density at radius 2 is 2.00 bits per heavy atom. The van der Waals surface area contributed by atoms with Crippen LogP contribution in [-0.2, 0) is 17.9 Å². The minimum Gasteiger partial charge on any atom is -0.465 e. The van der Waals surface area contributed by atoms with Crippen molar-refractivity contribution in [2.45, 2.75) is 66.3 Å². The van der Waals surface area contributed by atoms with Crippen molar-refractivity contribution in [1.29, 1.82) is 0 Å². The Bertz CT molecular complexity index is 348. The molecule has 1 aromatic rings. The molecule has 0 spiro atoms. The van der Waals surface area contributed by atoms with Crippen LogP contribution < -0.4 is 5.32 Å². The quantitative estimate of drug-likeness (QED) is 0.855. The number of hydrogen-bond donors (Lipinski definition) is 1. The van der Waals surface area contributed by atoms with Crippen LogP contribution in [0.2, 0.25) is 0 Å². The van der Waals surface area contributed by atoms with Crippen LogP contribution >= 0.6 is 0 Å². The second kappa shape index (κ2) is 5.69. The van der Waals surface area contributed by atoms with E-state index in [9.17, 15) is 0 Å². The number of furan rings is 1. The van der Waals surface area contributed by atoms with Gasteiger partial charge < -0.3 is 14.5 Å². The zero-order chi connectivity index (χ0) is 13.1. The molecule has 0 atom stereocenters. The Kier molecular flexibility index (Phi) is 4.78. The lowest BCUT2D eigenvalue weighted by Crippen LogP contribution is -2.34. The third-order valence-electron chi connectivity index (χ3n) is 2.44. The van der Waals surface area contributed by atoms with Gasteiger partial charge in [-0.2, -0.15) is 0 Å². The first kappa shape index (κ1) is 14.3. The summed E-state index contributed by atoms with van der Waals surface area (Å²) < 4.78 is 11.3. The molecule has 0 aliphatic heterocycles. The molecule has 98 valence electrons. The van der Waals surface area contributed by atoms with E-state index in [0.29, 0.717) is 6.61 Å². The highest BCUT2D eigenvalue weighted by Gasteiger charge is 2.12. The molecule has 1 aromatic heterocycles. The van der Waals surface area contributed by atoms with Gasteiger partial charge in [-0.05, 0) is 47.6 Å². The summed E-state index contributed by atoms with van der Waals surface area (Å²) in [5.74, 6) is 1.93. The fourth-order valence-electron chi connectivity index (χ4n) is 1.43. The highest BCUT2D eigenvalue weighted by Crippen LogP contribution is 2.17. The predicted octanol–water partition coefficient (Wildman–Crippen LogP) is 3.40. The van der Waals surface area contributed by atoms with Crippen LogP contribution in [-0.4, -0.2) is 11.6 Å². The summed E-state index contributed by atoms with van der Waals surface area (Å²) >= 11 is 0. The number of nitrogens with one attached hydrogen (secondary N) is 1. The zero-order valence-electron chi connectivity index (χ0n) is 11.9. The Balaban J connectivity index is 2.55. The molecule has 0 saturated carbocycles. The Morgan fingerprint density at radius 3 is 2.53 bits per heavy atom. The van der Waals surface area contributed by atoms with Gasteiger partial charge in [0.1, 0.15) is 11.5 Å². The van der Waals surface area contributed by atoms with E-state index in [1.54, 1.807) is 0 Å². The van der Waals surface area contributed by atoms with Crippen molar-refractivity contribution in [2.75, 3.05) is 0 Å². The number of aryl methyl sites for hydroxylation is 1. The Labute approximate surface area is 105 Å². The van der Waals surface area contributed by atoms with E-state index in [0.717, 1.165) is 23.6 Å². The molecule has 0 aliphatic rings. The molecule has 0 fully saturated rings. The zero-order valence-corrected chi connectivity index (χ0v) is 11.9. The lowest BCUT2D eigenvalue weighted by Gasteiger charge is -2.19. The first-order valence-corrected chi connectivity index (χ1v) is 6.23. The molecule has 1 rings (SSSR count). The van der Waals surface area contributed by atoms with Crippen LogP contribution in [0.5, 0.6) is 0 Å². The fraction of sp³-hybridized carbons (Fsp3) is 0.714. The molecule has 17 heavy (non-hydrogen) atoms. The summed E-state index contributed by atoms with van der Waals surface area (Å²) in [4.78, 5) is 0. The molecular formula is C14H25NO2. The maximum atomic E-state index is 5.70. The molecule has 0 aromatic carbocycles. The van der Waals surface area contributed by atoms with Crippen LogP contribution in [0.15, 0.2) is 10.5 Å². The van der Waals surface area contributed by atoms with E-state index in [1.165, 1.54) is 0 Å². The van der Waals surface area contributed by atoms with Gasteiger partial charge in [0, 0.05) is 11.1 Å². The molecule has 0 amide bonds. The minimum atomic E-state index is 0.106. The lowest BCUT2D eigenvalue weighted by molar-refractivity contribution is 0.0650. The average Bonchev–Trinajstić information content (AvgIpc) is 2.52. The smallest absolute Gasteiger partial charge is 0.118 e. The van der Waals surface area contributed by atoms with Crippen LogP contribution in [0.4, 0.5) is 0 Å². The second-order valence-electron chi connectivity index (χ2n) is 5.76. The van der Waals surface area contributed by atoms with Crippen LogP contribution in [0, 0.1) is 6.92 Å². The van der Waals surface area contributed by atoms with Crippen molar-refractivity contribution in [3.05, 3.63) is 23.2 Å². The van der Waals surface area contributed by atoms with Gasteiger partial charge in [-0.25, -0.2) is 0 Å². The van der Waals surface area contributed by atoms with Gasteiger partial charge in [0.05, 0.1) is 19.3 Å². The molecule has 3 heteroatoms. The average molecular weight is 239 g/mol. The molecule has 0 saturated heterocycles. The Hall–Kier alpha value is -0.800. The van der Waals surface area contributed by atoms with Crippen LogP contribution in [0.25, 0.3) is 0 Å². The minimum absolute atomic E-state index is 0.106. The third kappa shape index (κ3) is 5.37. The highest BCUT2D eigenvalue weighted by molar-refractivity contribution is 5.20. The molecule has 1 heterocycles. The summed E-state index contributed by atoms with van der Waals surface area (Å²) in [6.45, 7) is 13.9. The summed E-state index contributed by atoms with van der Waals surface area (Å²) in [6.07, 6.45) is 0.250. The van der Waals surface area contributed by atoms with E-state index < -0.39 is 0 Å². The van der Waals surface area contributed by atoms with Crippen molar-refractivity contribution in [3.63, 3.8) is 0 Å². The number of ether oxygens (including phenoxy) is 1. The normalized spacial score (nSPS) is 12.4. The van der Waals surface area contributed by atoms with E-state index >= 15 is 0 Å². The van der Waals surface area contributed by atoms with Crippen molar-refractivity contribution in [2.24, 2.45) is 0 Å². The largest absolute Gasteiger partial charge is 0.465 e. The lowest BCUT2D eigenvalue weighted by atomic mass is 10.1. The van der Waals surface area contributed by atoms with Gasteiger partial charge in [-0.1, -0.05) is 0 Å². The first-order valence-electron chi connectivity index (χ1n) is 6.23. The second-order valence-corrected chi connectivity index (χ2v) is 5.76. The van der Waals surface area contributed by atoms with Crippen molar-refractivity contribution in [3.8, 4) is 0 Å². The van der Waals surface area contributed by atoms with Gasteiger partial charge in [0.2, 0.25) is 0 Å². The van der Waals surface area contributed by atoms with Gasteiger partial charge in [0.25, 0.3) is 0 Å². The SMILES string of the molecule is Cc1oc(CNC(C)(C)C)cc1COC(C)C. The van der Waals surface area contributed by atoms with Crippen molar-refractivity contribution in [1.82, 2.24) is 5.32 Å². The predicted molar refractivity (Wildman–Crippen MR) is 70.0 cm³/mol. The molecule has 3 nitrogen and oxygen atoms in total. The molecule has 0 unspecified atom stereocenters. The standard InChI is InChI=1S/C14H25NO2/c1-10(2)16-9-12-7-13(17-11(12)3)8-15-14(4,5)6/h7,10,15H,8-9H2,1-6H3. The maximum absolute atomic E-state index is 5.70. The van der Waals surface area contributed by atoms with Crippen LogP contribution in [0.3, 0.4) is 0 Å². The van der Waals surface area contributed by atoms with E-state index in [-0.39, 0.29) is 11.6 Å². The van der Waals surface area contributed by atoms with Crippen molar-refractivity contribution < 1.29 is 9.15 Å². The summed E-state index contributed by atoms with van der Waals surface area (Å²) in [5.41, 5.74) is 1.25. The fourth-order valence-corrected chi connectivity index (χ4v) is 1.43. The van der Waals surface area contributed by atoms with E-state index in [2.05, 4.69) is 32.2 Å². The molecular weight excluding hydrogens is 214 g/mol. The van der Waals surface area contributed by atoms with E-state index in [1.807, 2.05) is 20.8 Å². The topological polar surface area (TPSA) is 34.4 Å². The third-order valence-corrected chi connectivity index (χ3v) is 2.44. The summed E-state index contributed by atoms with van der Waals surface area (Å²) in [5, 5.41) is 3.41. The molecule has 1 N–H and O–H groups in total. The molecule has 0 radical (unpaired) electrons. The summed E-state index contributed by atoms with van der Waals surface area (Å²) in [7, 11) is 0. The Morgan fingerprint density at radius 1 is 1.35 bits per heavy atom. The molecule has 0 aliphatic carbocycles. The first-order chi connectivity index (χ1) is 7.78. The summed E-state index contributed by atoms with van der Waals surface area (Å²) in [6, 6.07) is 2.08. The van der Waals surface area contributed by atoms with Gasteiger partial charge in [-0.3, -0.25) is 0 Å². The monoisotopic (exact) mass is 239 g/mol. The number of rotatable bonds is 5. The van der Waals surface area contributed by atoms with E-state index in [4.69, 9.17) is 9.15 Å². The van der Waals surface area contributed by atoms with Crippen molar-refractivity contribution >= 4 is 0 Å². The van der Waals surface area contributed by atoms with Crippen LogP contribution in [0.1, 0.15) is 51.7 Å². The van der Waals surface area contributed by atoms with Gasteiger partial charge in [0.15, 0.2) is 0 Å². The molecule has 0 bridgehead atoms. The highest BCUT2D eigenvalue weighted by atomic mass is 16.5. The van der Waals surface area contributed by atoms with Gasteiger partial charge in [-0.15, -0.1) is 0 Å². The maximum Gasteiger partial charge on any atom is 0.118 e. The van der Waals surface area contributed by atoms with Gasteiger partial charge >= 0.3 is 0 Å².